The van der Waals surface area contributed by atoms with Crippen LogP contribution in [-0.2, 0) is 18.3 Å². The van der Waals surface area contributed by atoms with E-state index in [1.165, 1.54) is 0 Å². The number of nitrogens with zero attached hydrogens (tertiary/aromatic N) is 2. The molecular formula is C16H18F3N3O2. The maximum atomic E-state index is 13.3. The highest BCUT2D eigenvalue weighted by molar-refractivity contribution is 5.76. The zero-order valence-electron chi connectivity index (χ0n) is 13.3. The molecule has 2 N–H and O–H groups in total. The maximum Gasteiger partial charge on any atom is 0.220 e. The largest absolute Gasteiger partial charge is 0.394 e. The summed E-state index contributed by atoms with van der Waals surface area (Å²) in [6.07, 6.45) is 2.36. The van der Waals surface area contributed by atoms with Crippen LogP contribution in [0.5, 0.6) is 0 Å². The summed E-state index contributed by atoms with van der Waals surface area (Å²) in [6.45, 7) is 1.26. The van der Waals surface area contributed by atoms with Gasteiger partial charge in [-0.2, -0.15) is 5.10 Å². The molecule has 0 saturated carbocycles. The maximum absolute atomic E-state index is 13.3. The third kappa shape index (κ3) is 4.14. The topological polar surface area (TPSA) is 67.2 Å². The normalized spacial score (nSPS) is 12.2. The second-order valence-electron chi connectivity index (χ2n) is 5.51. The van der Waals surface area contributed by atoms with Gasteiger partial charge in [0.2, 0.25) is 5.91 Å². The number of aromatic nitrogens is 2. The Morgan fingerprint density at radius 1 is 1.33 bits per heavy atom. The number of amides is 1. The summed E-state index contributed by atoms with van der Waals surface area (Å²) in [5.74, 6) is -4.73. The number of nitrogens with one attached hydrogen (secondary N) is 1. The van der Waals surface area contributed by atoms with E-state index in [0.29, 0.717) is 6.42 Å². The van der Waals surface area contributed by atoms with Crippen LogP contribution in [0.1, 0.15) is 29.3 Å². The van der Waals surface area contributed by atoms with Crippen molar-refractivity contribution in [3.8, 4) is 0 Å². The molecule has 8 heteroatoms. The number of aliphatic hydroxyl groups excluding tert-OH is 1. The van der Waals surface area contributed by atoms with Gasteiger partial charge in [0, 0.05) is 19.7 Å². The number of benzene rings is 1. The molecule has 1 amide bonds. The van der Waals surface area contributed by atoms with Gasteiger partial charge in [0.05, 0.1) is 18.3 Å². The summed E-state index contributed by atoms with van der Waals surface area (Å²) in [7, 11) is 1.77. The molecule has 0 radical (unpaired) electrons. The van der Waals surface area contributed by atoms with Crippen LogP contribution in [0.2, 0.25) is 0 Å². The van der Waals surface area contributed by atoms with Crippen molar-refractivity contribution in [1.82, 2.24) is 15.1 Å². The van der Waals surface area contributed by atoms with Crippen LogP contribution in [-0.4, -0.2) is 27.4 Å². The lowest BCUT2D eigenvalue weighted by Crippen LogP contribution is -2.31. The van der Waals surface area contributed by atoms with E-state index in [2.05, 4.69) is 10.4 Å². The molecule has 0 aliphatic rings. The first-order valence-corrected chi connectivity index (χ1v) is 7.35. The number of aryl methyl sites for hydroxylation is 3. The number of rotatable bonds is 6. The molecule has 1 heterocycles. The summed E-state index contributed by atoms with van der Waals surface area (Å²) in [5.41, 5.74) is 1.68. The van der Waals surface area contributed by atoms with Crippen molar-refractivity contribution < 1.29 is 23.1 Å². The fraction of sp³-hybridized carbons (Fsp3) is 0.375. The van der Waals surface area contributed by atoms with Crippen molar-refractivity contribution in [2.75, 3.05) is 6.61 Å². The lowest BCUT2D eigenvalue weighted by atomic mass is 10.1. The lowest BCUT2D eigenvalue weighted by molar-refractivity contribution is -0.122. The number of hydrogen-bond donors (Lipinski definition) is 2. The molecule has 0 spiro atoms. The Labute approximate surface area is 137 Å². The van der Waals surface area contributed by atoms with Gasteiger partial charge in [-0.3, -0.25) is 9.48 Å². The van der Waals surface area contributed by atoms with Gasteiger partial charge in [-0.15, -0.1) is 0 Å². The first-order chi connectivity index (χ1) is 11.3. The van der Waals surface area contributed by atoms with Gasteiger partial charge in [-0.25, -0.2) is 13.2 Å². The third-order valence-corrected chi connectivity index (χ3v) is 3.66. The Bertz CT molecular complexity index is 723. The minimum Gasteiger partial charge on any atom is -0.394 e. The minimum atomic E-state index is -1.59. The van der Waals surface area contributed by atoms with Crippen LogP contribution in [0.4, 0.5) is 13.2 Å². The van der Waals surface area contributed by atoms with E-state index in [9.17, 15) is 23.1 Å². The van der Waals surface area contributed by atoms with Crippen molar-refractivity contribution in [3.05, 3.63) is 52.6 Å². The molecule has 5 nitrogen and oxygen atoms in total. The molecule has 0 aliphatic heterocycles. The molecule has 0 bridgehead atoms. The number of carbonyl (C=O) groups excluding carboxylic acids is 1. The Morgan fingerprint density at radius 2 is 1.96 bits per heavy atom. The van der Waals surface area contributed by atoms with Crippen LogP contribution in [0, 0.1) is 24.4 Å². The minimum absolute atomic E-state index is 0.0418. The molecule has 1 unspecified atom stereocenters. The predicted molar refractivity (Wildman–Crippen MR) is 80.6 cm³/mol. The number of halogens is 3. The Hall–Kier alpha value is -2.35. The highest BCUT2D eigenvalue weighted by Crippen LogP contribution is 2.19. The van der Waals surface area contributed by atoms with E-state index in [1.807, 2.05) is 6.92 Å². The molecule has 1 aromatic heterocycles. The fourth-order valence-corrected chi connectivity index (χ4v) is 2.42. The SMILES string of the molecule is Cc1nn(C)cc1CCC(=O)NC(CO)c1cc(F)c(F)c(F)c1. The second-order valence-corrected chi connectivity index (χ2v) is 5.51. The van der Waals surface area contributed by atoms with E-state index in [1.54, 1.807) is 17.9 Å². The first-order valence-electron chi connectivity index (χ1n) is 7.35. The zero-order chi connectivity index (χ0) is 17.9. The molecule has 1 atom stereocenters. The van der Waals surface area contributed by atoms with Crippen LogP contribution in [0.25, 0.3) is 0 Å². The average Bonchev–Trinajstić information content (AvgIpc) is 2.85. The van der Waals surface area contributed by atoms with Crippen LogP contribution < -0.4 is 5.32 Å². The summed E-state index contributed by atoms with van der Waals surface area (Å²) < 4.78 is 41.2. The summed E-state index contributed by atoms with van der Waals surface area (Å²) in [5, 5.41) is 16.0. The van der Waals surface area contributed by atoms with Gasteiger partial charge in [0.15, 0.2) is 17.5 Å². The highest BCUT2D eigenvalue weighted by atomic mass is 19.2. The second kappa shape index (κ2) is 7.48. The summed E-state index contributed by atoms with van der Waals surface area (Å²) in [6, 6.07) is 0.493. The van der Waals surface area contributed by atoms with E-state index >= 15 is 0 Å². The van der Waals surface area contributed by atoms with Gasteiger partial charge in [0.25, 0.3) is 0 Å². The quantitative estimate of drug-likeness (QED) is 0.789. The number of aliphatic hydroxyl groups is 1. The van der Waals surface area contributed by atoms with Crippen molar-refractivity contribution in [2.24, 2.45) is 7.05 Å². The number of hydrogen-bond acceptors (Lipinski definition) is 3. The zero-order valence-corrected chi connectivity index (χ0v) is 13.3. The Morgan fingerprint density at radius 3 is 2.46 bits per heavy atom. The molecule has 2 rings (SSSR count). The highest BCUT2D eigenvalue weighted by Gasteiger charge is 2.19. The molecule has 0 saturated heterocycles. The molecule has 0 aliphatic carbocycles. The van der Waals surface area contributed by atoms with E-state index < -0.39 is 36.0 Å². The van der Waals surface area contributed by atoms with Crippen molar-refractivity contribution in [1.29, 1.82) is 0 Å². The van der Waals surface area contributed by atoms with E-state index in [0.717, 1.165) is 23.4 Å². The van der Waals surface area contributed by atoms with E-state index in [4.69, 9.17) is 0 Å². The van der Waals surface area contributed by atoms with Crippen molar-refractivity contribution in [3.63, 3.8) is 0 Å². The van der Waals surface area contributed by atoms with Crippen molar-refractivity contribution in [2.45, 2.75) is 25.8 Å². The smallest absolute Gasteiger partial charge is 0.220 e. The van der Waals surface area contributed by atoms with Gasteiger partial charge >= 0.3 is 0 Å². The summed E-state index contributed by atoms with van der Waals surface area (Å²) >= 11 is 0. The van der Waals surface area contributed by atoms with Crippen molar-refractivity contribution >= 4 is 5.91 Å². The first kappa shape index (κ1) is 18.0. The van der Waals surface area contributed by atoms with Gasteiger partial charge in [-0.05, 0) is 36.6 Å². The molecule has 0 fully saturated rings. The van der Waals surface area contributed by atoms with Gasteiger partial charge in [-0.1, -0.05) is 0 Å². The monoisotopic (exact) mass is 341 g/mol. The fourth-order valence-electron chi connectivity index (χ4n) is 2.42. The predicted octanol–water partition coefficient (Wildman–Crippen LogP) is 1.93. The molecule has 24 heavy (non-hydrogen) atoms. The standard InChI is InChI=1S/C16H18F3N3O2/c1-9-10(7-22(2)21-9)3-4-15(24)20-14(8-23)11-5-12(17)16(19)13(18)6-11/h5-7,14,23H,3-4,8H2,1-2H3,(H,20,24). The van der Waals surface area contributed by atoms with Gasteiger partial charge in [0.1, 0.15) is 0 Å². The van der Waals surface area contributed by atoms with Gasteiger partial charge < -0.3 is 10.4 Å². The molecule has 1 aromatic carbocycles. The number of carbonyl (C=O) groups is 1. The third-order valence-electron chi connectivity index (χ3n) is 3.66. The average molecular weight is 341 g/mol. The van der Waals surface area contributed by atoms with Crippen LogP contribution in [0.3, 0.4) is 0 Å². The summed E-state index contributed by atoms with van der Waals surface area (Å²) in [4.78, 5) is 12.0. The Balaban J connectivity index is 2.02. The Kier molecular flexibility index (Phi) is 5.61. The van der Waals surface area contributed by atoms with E-state index in [-0.39, 0.29) is 12.0 Å². The lowest BCUT2D eigenvalue weighted by Gasteiger charge is -2.17. The molecule has 2 aromatic rings. The van der Waals surface area contributed by atoms with Crippen LogP contribution in [0.15, 0.2) is 18.3 Å². The molecular weight excluding hydrogens is 323 g/mol. The van der Waals surface area contributed by atoms with Crippen LogP contribution >= 0.6 is 0 Å². The molecule has 130 valence electrons.